The highest BCUT2D eigenvalue weighted by molar-refractivity contribution is 5.80. The molecule has 0 bridgehead atoms. The molecule has 5 nitrogen and oxygen atoms in total. The number of benzene rings is 1. The van der Waals surface area contributed by atoms with Crippen molar-refractivity contribution in [3.05, 3.63) is 35.6 Å². The molecule has 2 unspecified atom stereocenters. The first kappa shape index (κ1) is 19.7. The predicted octanol–water partition coefficient (Wildman–Crippen LogP) is 2.24. The SMILES string of the molecule is CCNC(=NCC(O)c1ccccc1F)N1CCC(N(CC)CC)C1. The molecule has 6 heteroatoms. The molecule has 1 saturated heterocycles. The molecule has 0 spiro atoms. The number of likely N-dealkylation sites (tertiary alicyclic amines) is 1. The fourth-order valence-electron chi connectivity index (χ4n) is 3.41. The average molecular weight is 350 g/mol. The summed E-state index contributed by atoms with van der Waals surface area (Å²) in [6, 6.07) is 6.86. The molecule has 1 aliphatic heterocycles. The van der Waals surface area contributed by atoms with E-state index in [1.165, 1.54) is 6.07 Å². The van der Waals surface area contributed by atoms with Gasteiger partial charge in [-0.2, -0.15) is 0 Å². The maximum atomic E-state index is 13.8. The van der Waals surface area contributed by atoms with Gasteiger partial charge in [0.25, 0.3) is 0 Å². The fraction of sp³-hybridized carbons (Fsp3) is 0.632. The fourth-order valence-corrected chi connectivity index (χ4v) is 3.41. The van der Waals surface area contributed by atoms with Crippen LogP contribution in [0.2, 0.25) is 0 Å². The van der Waals surface area contributed by atoms with Crippen LogP contribution >= 0.6 is 0 Å². The van der Waals surface area contributed by atoms with Gasteiger partial charge in [-0.1, -0.05) is 32.0 Å². The Kier molecular flexibility index (Phi) is 7.65. The smallest absolute Gasteiger partial charge is 0.194 e. The van der Waals surface area contributed by atoms with Crippen molar-refractivity contribution in [2.75, 3.05) is 39.3 Å². The summed E-state index contributed by atoms with van der Waals surface area (Å²) in [7, 11) is 0. The molecular weight excluding hydrogens is 319 g/mol. The first-order valence-corrected chi connectivity index (χ1v) is 9.30. The largest absolute Gasteiger partial charge is 0.386 e. The summed E-state index contributed by atoms with van der Waals surface area (Å²) in [5.41, 5.74) is 0.296. The quantitative estimate of drug-likeness (QED) is 0.585. The van der Waals surface area contributed by atoms with Crippen molar-refractivity contribution in [2.45, 2.75) is 39.3 Å². The topological polar surface area (TPSA) is 51.1 Å². The van der Waals surface area contributed by atoms with Crippen molar-refractivity contribution < 1.29 is 9.50 Å². The van der Waals surface area contributed by atoms with E-state index < -0.39 is 11.9 Å². The number of guanidine groups is 1. The van der Waals surface area contributed by atoms with Gasteiger partial charge in [0.1, 0.15) is 11.9 Å². The maximum Gasteiger partial charge on any atom is 0.194 e. The van der Waals surface area contributed by atoms with Gasteiger partial charge >= 0.3 is 0 Å². The normalized spacial score (nSPS) is 19.5. The van der Waals surface area contributed by atoms with Crippen molar-refractivity contribution in [3.63, 3.8) is 0 Å². The molecule has 1 aliphatic rings. The summed E-state index contributed by atoms with van der Waals surface area (Å²) in [6.07, 6.45) is 0.179. The Bertz CT molecular complexity index is 562. The van der Waals surface area contributed by atoms with Crippen molar-refractivity contribution in [1.29, 1.82) is 0 Å². The van der Waals surface area contributed by atoms with Crippen LogP contribution in [0.4, 0.5) is 4.39 Å². The van der Waals surface area contributed by atoms with E-state index in [2.05, 4.69) is 34.0 Å². The molecule has 0 radical (unpaired) electrons. The average Bonchev–Trinajstić information content (AvgIpc) is 3.09. The number of hydrogen-bond donors (Lipinski definition) is 2. The molecule has 1 aromatic rings. The first-order valence-electron chi connectivity index (χ1n) is 9.30. The summed E-state index contributed by atoms with van der Waals surface area (Å²) >= 11 is 0. The lowest BCUT2D eigenvalue weighted by Gasteiger charge is -2.27. The minimum Gasteiger partial charge on any atom is -0.386 e. The van der Waals surface area contributed by atoms with Gasteiger partial charge in [0.15, 0.2) is 5.96 Å². The molecule has 1 heterocycles. The minimum absolute atomic E-state index is 0.149. The molecule has 2 N–H and O–H groups in total. The van der Waals surface area contributed by atoms with Gasteiger partial charge < -0.3 is 15.3 Å². The van der Waals surface area contributed by atoms with Crippen molar-refractivity contribution in [2.24, 2.45) is 4.99 Å². The Morgan fingerprint density at radius 2 is 2.08 bits per heavy atom. The van der Waals surface area contributed by atoms with Crippen LogP contribution in [-0.4, -0.2) is 66.2 Å². The molecule has 25 heavy (non-hydrogen) atoms. The predicted molar refractivity (Wildman–Crippen MR) is 100 cm³/mol. The third kappa shape index (κ3) is 5.16. The van der Waals surface area contributed by atoms with Crippen LogP contribution < -0.4 is 5.32 Å². The van der Waals surface area contributed by atoms with Crippen LogP contribution in [0.1, 0.15) is 38.9 Å². The second-order valence-electron chi connectivity index (χ2n) is 6.34. The molecule has 1 aromatic carbocycles. The molecule has 1 fully saturated rings. The lowest BCUT2D eigenvalue weighted by atomic mass is 10.1. The second-order valence-corrected chi connectivity index (χ2v) is 6.34. The third-order valence-electron chi connectivity index (χ3n) is 4.80. The van der Waals surface area contributed by atoms with Crippen LogP contribution in [0, 0.1) is 5.82 Å². The summed E-state index contributed by atoms with van der Waals surface area (Å²) in [4.78, 5) is 9.26. The molecule has 140 valence electrons. The number of rotatable bonds is 7. The highest BCUT2D eigenvalue weighted by Gasteiger charge is 2.28. The zero-order valence-corrected chi connectivity index (χ0v) is 15.6. The van der Waals surface area contributed by atoms with E-state index in [4.69, 9.17) is 0 Å². The Morgan fingerprint density at radius 3 is 2.72 bits per heavy atom. The van der Waals surface area contributed by atoms with E-state index in [9.17, 15) is 9.50 Å². The van der Waals surface area contributed by atoms with Crippen molar-refractivity contribution >= 4 is 5.96 Å². The van der Waals surface area contributed by atoms with Crippen LogP contribution in [0.5, 0.6) is 0 Å². The number of hydrogen-bond acceptors (Lipinski definition) is 3. The van der Waals surface area contributed by atoms with Gasteiger partial charge in [-0.3, -0.25) is 9.89 Å². The van der Waals surface area contributed by atoms with E-state index in [0.29, 0.717) is 11.6 Å². The van der Waals surface area contributed by atoms with E-state index in [-0.39, 0.29) is 6.54 Å². The standard InChI is InChI=1S/C19H31FN4O/c1-4-21-19(24-12-11-15(14-24)23(5-2)6-3)22-13-18(25)16-9-7-8-10-17(16)20/h7-10,15,18,25H,4-6,11-14H2,1-3H3,(H,21,22). The van der Waals surface area contributed by atoms with Gasteiger partial charge in [-0.15, -0.1) is 0 Å². The molecule has 0 amide bonds. The van der Waals surface area contributed by atoms with Crippen LogP contribution in [0.3, 0.4) is 0 Å². The lowest BCUT2D eigenvalue weighted by Crippen LogP contribution is -2.43. The van der Waals surface area contributed by atoms with E-state index in [1.54, 1.807) is 18.2 Å². The number of aliphatic imine (C=N–C) groups is 1. The summed E-state index contributed by atoms with van der Waals surface area (Å²) < 4.78 is 13.8. The Morgan fingerprint density at radius 1 is 1.36 bits per heavy atom. The summed E-state index contributed by atoms with van der Waals surface area (Å²) in [5, 5.41) is 13.6. The molecule has 0 aromatic heterocycles. The Balaban J connectivity index is 2.02. The molecular formula is C19H31FN4O. The summed E-state index contributed by atoms with van der Waals surface area (Å²) in [5.74, 6) is 0.408. The number of nitrogens with zero attached hydrogens (tertiary/aromatic N) is 3. The van der Waals surface area contributed by atoms with E-state index in [0.717, 1.165) is 45.1 Å². The molecule has 2 rings (SSSR count). The van der Waals surface area contributed by atoms with E-state index in [1.807, 2.05) is 6.92 Å². The second kappa shape index (κ2) is 9.73. The van der Waals surface area contributed by atoms with E-state index >= 15 is 0 Å². The highest BCUT2D eigenvalue weighted by atomic mass is 19.1. The number of aliphatic hydroxyl groups is 1. The van der Waals surface area contributed by atoms with Gasteiger partial charge in [0.2, 0.25) is 0 Å². The van der Waals surface area contributed by atoms with Gasteiger partial charge in [0.05, 0.1) is 6.54 Å². The third-order valence-corrected chi connectivity index (χ3v) is 4.80. The van der Waals surface area contributed by atoms with Crippen LogP contribution in [-0.2, 0) is 0 Å². The molecule has 0 saturated carbocycles. The highest BCUT2D eigenvalue weighted by Crippen LogP contribution is 2.18. The zero-order chi connectivity index (χ0) is 18.2. The monoisotopic (exact) mass is 350 g/mol. The number of aliphatic hydroxyl groups excluding tert-OH is 1. The van der Waals surface area contributed by atoms with Crippen LogP contribution in [0.25, 0.3) is 0 Å². The minimum atomic E-state index is -0.934. The van der Waals surface area contributed by atoms with Crippen molar-refractivity contribution in [3.8, 4) is 0 Å². The Hall–Kier alpha value is -1.66. The van der Waals surface area contributed by atoms with Gasteiger partial charge in [0, 0.05) is 31.2 Å². The van der Waals surface area contributed by atoms with Gasteiger partial charge in [-0.05, 0) is 32.5 Å². The first-order chi connectivity index (χ1) is 12.1. The van der Waals surface area contributed by atoms with Gasteiger partial charge in [-0.25, -0.2) is 4.39 Å². The lowest BCUT2D eigenvalue weighted by molar-refractivity contribution is 0.181. The molecule has 0 aliphatic carbocycles. The zero-order valence-electron chi connectivity index (χ0n) is 15.6. The Labute approximate surface area is 150 Å². The summed E-state index contributed by atoms with van der Waals surface area (Å²) in [6.45, 7) is 11.3. The maximum absolute atomic E-state index is 13.8. The van der Waals surface area contributed by atoms with Crippen LogP contribution in [0.15, 0.2) is 29.3 Å². The number of nitrogens with one attached hydrogen (secondary N) is 1. The number of halogens is 1. The molecule has 2 atom stereocenters. The van der Waals surface area contributed by atoms with Crippen molar-refractivity contribution in [1.82, 2.24) is 15.1 Å². The number of likely N-dealkylation sites (N-methyl/N-ethyl adjacent to an activating group) is 1.